The van der Waals surface area contributed by atoms with E-state index < -0.39 is 11.7 Å². The van der Waals surface area contributed by atoms with E-state index in [0.29, 0.717) is 13.1 Å². The fraction of sp³-hybridized carbons (Fsp3) is 0.714. The normalized spacial score (nSPS) is 12.3. The van der Waals surface area contributed by atoms with E-state index in [2.05, 4.69) is 15.7 Å². The van der Waals surface area contributed by atoms with Crippen LogP contribution < -0.4 is 10.6 Å². The first kappa shape index (κ1) is 16.5. The van der Waals surface area contributed by atoms with Crippen LogP contribution in [0.15, 0.2) is 12.4 Å². The van der Waals surface area contributed by atoms with Gasteiger partial charge < -0.3 is 15.4 Å². The van der Waals surface area contributed by atoms with Crippen molar-refractivity contribution in [2.24, 2.45) is 7.05 Å². The minimum absolute atomic E-state index is 0.384. The van der Waals surface area contributed by atoms with E-state index in [-0.39, 0.29) is 5.54 Å². The minimum Gasteiger partial charge on any atom is -0.444 e. The molecular weight excluding hydrogens is 256 g/mol. The van der Waals surface area contributed by atoms with E-state index in [4.69, 9.17) is 4.74 Å². The Morgan fingerprint density at radius 3 is 2.50 bits per heavy atom. The van der Waals surface area contributed by atoms with Gasteiger partial charge in [0.1, 0.15) is 5.60 Å². The van der Waals surface area contributed by atoms with Crippen molar-refractivity contribution >= 4 is 6.09 Å². The maximum atomic E-state index is 11.7. The number of alkyl carbamates (subject to hydrolysis) is 1. The molecule has 0 aliphatic carbocycles. The molecule has 6 heteroatoms. The fourth-order valence-electron chi connectivity index (χ4n) is 1.71. The van der Waals surface area contributed by atoms with Crippen LogP contribution in [0.3, 0.4) is 0 Å². The van der Waals surface area contributed by atoms with Crippen LogP contribution in [0.5, 0.6) is 0 Å². The van der Waals surface area contributed by atoms with E-state index >= 15 is 0 Å². The second kappa shape index (κ2) is 6.26. The lowest BCUT2D eigenvalue weighted by Gasteiger charge is -2.28. The zero-order chi connectivity index (χ0) is 15.4. The molecule has 0 spiro atoms. The van der Waals surface area contributed by atoms with Crippen LogP contribution in [0, 0.1) is 0 Å². The summed E-state index contributed by atoms with van der Waals surface area (Å²) in [6.45, 7) is 10.8. The van der Waals surface area contributed by atoms with Gasteiger partial charge in [0.2, 0.25) is 0 Å². The van der Waals surface area contributed by atoms with Crippen molar-refractivity contribution in [2.45, 2.75) is 52.3 Å². The average molecular weight is 282 g/mol. The first-order valence-corrected chi connectivity index (χ1v) is 6.77. The maximum absolute atomic E-state index is 11.7. The second-order valence-electron chi connectivity index (χ2n) is 6.64. The Labute approximate surface area is 120 Å². The van der Waals surface area contributed by atoms with E-state index in [1.54, 1.807) is 4.68 Å². The number of hydrogen-bond donors (Lipinski definition) is 2. The van der Waals surface area contributed by atoms with Crippen molar-refractivity contribution in [3.63, 3.8) is 0 Å². The number of hydrogen-bond acceptors (Lipinski definition) is 4. The first-order chi connectivity index (χ1) is 9.07. The Bertz CT molecular complexity index is 446. The molecule has 0 radical (unpaired) electrons. The van der Waals surface area contributed by atoms with Crippen molar-refractivity contribution in [2.75, 3.05) is 6.54 Å². The number of rotatable bonds is 5. The summed E-state index contributed by atoms with van der Waals surface area (Å²) in [5.41, 5.74) is 0.244. The van der Waals surface area contributed by atoms with Gasteiger partial charge in [-0.15, -0.1) is 0 Å². The first-order valence-electron chi connectivity index (χ1n) is 6.77. The van der Waals surface area contributed by atoms with E-state index in [9.17, 15) is 4.79 Å². The van der Waals surface area contributed by atoms with E-state index in [1.165, 1.54) is 0 Å². The van der Waals surface area contributed by atoms with Gasteiger partial charge in [-0.05, 0) is 34.6 Å². The molecule has 0 bridgehead atoms. The Balaban J connectivity index is 2.35. The number of amides is 1. The van der Waals surface area contributed by atoms with Crippen LogP contribution in [0.25, 0.3) is 0 Å². The zero-order valence-electron chi connectivity index (χ0n) is 13.3. The summed E-state index contributed by atoms with van der Waals surface area (Å²) in [6, 6.07) is 0. The lowest BCUT2D eigenvalue weighted by molar-refractivity contribution is 0.0472. The summed E-state index contributed by atoms with van der Waals surface area (Å²) in [5, 5.41) is 10.3. The summed E-state index contributed by atoms with van der Waals surface area (Å²) < 4.78 is 7.02. The molecule has 0 fully saturated rings. The molecule has 1 aromatic heterocycles. The highest BCUT2D eigenvalue weighted by molar-refractivity contribution is 5.68. The van der Waals surface area contributed by atoms with Gasteiger partial charge in [-0.2, -0.15) is 5.10 Å². The number of nitrogens with one attached hydrogen (secondary N) is 2. The van der Waals surface area contributed by atoms with Gasteiger partial charge in [0.15, 0.2) is 0 Å². The number of nitrogens with zero attached hydrogens (tertiary/aromatic N) is 2. The molecule has 0 aliphatic rings. The van der Waals surface area contributed by atoms with Crippen LogP contribution in [-0.2, 0) is 18.3 Å². The Morgan fingerprint density at radius 1 is 1.35 bits per heavy atom. The summed E-state index contributed by atoms with van der Waals surface area (Å²) in [4.78, 5) is 11.7. The highest BCUT2D eigenvalue weighted by Crippen LogP contribution is 2.09. The molecule has 6 nitrogen and oxygen atoms in total. The van der Waals surface area contributed by atoms with Crippen molar-refractivity contribution in [1.82, 2.24) is 20.4 Å². The molecule has 0 aliphatic heterocycles. The number of ether oxygens (including phenoxy) is 1. The molecule has 114 valence electrons. The number of carbonyl (C=O) groups excluding carboxylic acids is 1. The van der Waals surface area contributed by atoms with Gasteiger partial charge in [0.05, 0.1) is 11.7 Å². The van der Waals surface area contributed by atoms with Crippen LogP contribution >= 0.6 is 0 Å². The third-order valence-corrected chi connectivity index (χ3v) is 2.49. The Hall–Kier alpha value is -1.56. The van der Waals surface area contributed by atoms with E-state index in [0.717, 1.165) is 5.56 Å². The molecule has 0 saturated carbocycles. The second-order valence-corrected chi connectivity index (χ2v) is 6.64. The zero-order valence-corrected chi connectivity index (χ0v) is 13.3. The maximum Gasteiger partial charge on any atom is 0.408 e. The molecular formula is C14H26N4O2. The molecule has 0 saturated heterocycles. The standard InChI is InChI=1S/C14H26N4O2/c1-13(2,3)20-12(19)17-14(4,5)10-15-7-11-8-16-18(6)9-11/h8-9,15H,7,10H2,1-6H3,(H,17,19). The largest absolute Gasteiger partial charge is 0.444 e. The van der Waals surface area contributed by atoms with Crippen molar-refractivity contribution in [3.05, 3.63) is 18.0 Å². The predicted molar refractivity (Wildman–Crippen MR) is 78.4 cm³/mol. The van der Waals surface area contributed by atoms with Crippen molar-refractivity contribution in [1.29, 1.82) is 0 Å². The molecule has 0 atom stereocenters. The summed E-state index contributed by atoms with van der Waals surface area (Å²) >= 11 is 0. The molecule has 2 N–H and O–H groups in total. The molecule has 1 heterocycles. The number of aryl methyl sites for hydroxylation is 1. The quantitative estimate of drug-likeness (QED) is 0.864. The van der Waals surface area contributed by atoms with Gasteiger partial charge in [0.25, 0.3) is 0 Å². The lowest BCUT2D eigenvalue weighted by Crippen LogP contribution is -2.51. The van der Waals surface area contributed by atoms with Gasteiger partial charge in [-0.25, -0.2) is 4.79 Å². The monoisotopic (exact) mass is 282 g/mol. The third-order valence-electron chi connectivity index (χ3n) is 2.49. The minimum atomic E-state index is -0.483. The third kappa shape index (κ3) is 6.56. The van der Waals surface area contributed by atoms with Crippen molar-refractivity contribution in [3.8, 4) is 0 Å². The topological polar surface area (TPSA) is 68.2 Å². The van der Waals surface area contributed by atoms with Crippen molar-refractivity contribution < 1.29 is 9.53 Å². The molecule has 1 amide bonds. The Kier molecular flexibility index (Phi) is 5.16. The summed E-state index contributed by atoms with van der Waals surface area (Å²) in [5.74, 6) is 0. The lowest BCUT2D eigenvalue weighted by atomic mass is 10.1. The van der Waals surface area contributed by atoms with Crippen LogP contribution in [0.2, 0.25) is 0 Å². The van der Waals surface area contributed by atoms with Crippen LogP contribution in [0.1, 0.15) is 40.2 Å². The number of aromatic nitrogens is 2. The fourth-order valence-corrected chi connectivity index (χ4v) is 1.71. The SMILES string of the molecule is Cn1cc(CNCC(C)(C)NC(=O)OC(C)(C)C)cn1. The average Bonchev–Trinajstić information content (AvgIpc) is 2.59. The smallest absolute Gasteiger partial charge is 0.408 e. The number of carbonyl (C=O) groups is 1. The van der Waals surface area contributed by atoms with Gasteiger partial charge in [-0.3, -0.25) is 4.68 Å². The molecule has 1 aromatic rings. The Morgan fingerprint density at radius 2 is 2.00 bits per heavy atom. The van der Waals surface area contributed by atoms with Crippen LogP contribution in [-0.4, -0.2) is 33.6 Å². The van der Waals surface area contributed by atoms with Crippen LogP contribution in [0.4, 0.5) is 4.79 Å². The highest BCUT2D eigenvalue weighted by atomic mass is 16.6. The van der Waals surface area contributed by atoms with E-state index in [1.807, 2.05) is 54.1 Å². The highest BCUT2D eigenvalue weighted by Gasteiger charge is 2.24. The summed E-state index contributed by atoms with van der Waals surface area (Å²) in [6.07, 6.45) is 3.38. The summed E-state index contributed by atoms with van der Waals surface area (Å²) in [7, 11) is 1.89. The molecule has 1 rings (SSSR count). The van der Waals surface area contributed by atoms with Gasteiger partial charge in [0, 0.05) is 31.9 Å². The molecule has 20 heavy (non-hydrogen) atoms. The van der Waals surface area contributed by atoms with Gasteiger partial charge in [-0.1, -0.05) is 0 Å². The molecule has 0 unspecified atom stereocenters. The van der Waals surface area contributed by atoms with Gasteiger partial charge >= 0.3 is 6.09 Å². The predicted octanol–water partition coefficient (Wildman–Crippen LogP) is 1.81. The molecule has 0 aromatic carbocycles.